The maximum Gasteiger partial charge on any atom is 0.338 e. The zero-order chi connectivity index (χ0) is 24.1. The van der Waals surface area contributed by atoms with Crippen LogP contribution >= 0.6 is 0 Å². The molecule has 1 saturated carbocycles. The van der Waals surface area contributed by atoms with Gasteiger partial charge in [0.15, 0.2) is 6.10 Å². The van der Waals surface area contributed by atoms with E-state index in [1.807, 2.05) is 39.0 Å². The number of hydrogen-bond acceptors (Lipinski definition) is 5. The molecule has 1 fully saturated rings. The molecule has 0 radical (unpaired) electrons. The Bertz CT molecular complexity index is 969. The smallest absolute Gasteiger partial charge is 0.338 e. The van der Waals surface area contributed by atoms with Gasteiger partial charge in [0.05, 0.1) is 5.56 Å². The second-order valence-electron chi connectivity index (χ2n) is 9.91. The molecule has 0 amide bonds. The summed E-state index contributed by atoms with van der Waals surface area (Å²) in [5.41, 5.74) is 1.33. The van der Waals surface area contributed by atoms with Crippen molar-refractivity contribution in [2.45, 2.75) is 77.1 Å². The standard InChI is InChI=1S/C28H36FNO4/c1-4-30-22-14-15-24-23(18-22)25(32-17-16-19-8-6-5-7-9-19)26(28(2,3)34-24)33-27(31)20-10-12-21(29)13-11-20/h10-15,18-19,25-26,30H,4-9,16-17H2,1-3H3. The number of carbonyl (C=O) groups is 1. The number of hydrogen-bond donors (Lipinski definition) is 1. The molecule has 4 rings (SSSR count). The minimum atomic E-state index is -0.808. The summed E-state index contributed by atoms with van der Waals surface area (Å²) < 4.78 is 32.2. The van der Waals surface area contributed by atoms with E-state index in [1.54, 1.807) is 0 Å². The first-order chi connectivity index (χ1) is 16.4. The summed E-state index contributed by atoms with van der Waals surface area (Å²) in [4.78, 5) is 13.0. The molecule has 0 saturated heterocycles. The molecular weight excluding hydrogens is 433 g/mol. The van der Waals surface area contributed by atoms with E-state index >= 15 is 0 Å². The number of esters is 1. The number of fused-ring (bicyclic) bond motifs is 1. The van der Waals surface area contributed by atoms with Crippen LogP contribution in [0.4, 0.5) is 10.1 Å². The summed E-state index contributed by atoms with van der Waals surface area (Å²) in [6, 6.07) is 11.4. The van der Waals surface area contributed by atoms with Gasteiger partial charge in [-0.25, -0.2) is 9.18 Å². The molecule has 0 spiro atoms. The molecule has 0 aromatic heterocycles. The molecule has 5 nitrogen and oxygen atoms in total. The summed E-state index contributed by atoms with van der Waals surface area (Å²) in [5.74, 6) is 0.512. The monoisotopic (exact) mass is 469 g/mol. The summed E-state index contributed by atoms with van der Waals surface area (Å²) in [7, 11) is 0. The van der Waals surface area contributed by atoms with Crippen molar-refractivity contribution in [1.82, 2.24) is 0 Å². The molecular formula is C28H36FNO4. The fraction of sp³-hybridized carbons (Fsp3) is 0.536. The lowest BCUT2D eigenvalue weighted by Crippen LogP contribution is -2.51. The average Bonchev–Trinajstić information content (AvgIpc) is 2.82. The number of rotatable bonds is 8. The highest BCUT2D eigenvalue weighted by Gasteiger charge is 2.47. The number of halogens is 1. The Morgan fingerprint density at radius 1 is 1.12 bits per heavy atom. The zero-order valence-electron chi connectivity index (χ0n) is 20.4. The van der Waals surface area contributed by atoms with Crippen molar-refractivity contribution in [2.75, 3.05) is 18.5 Å². The van der Waals surface area contributed by atoms with E-state index in [0.29, 0.717) is 18.1 Å². The van der Waals surface area contributed by atoms with Crippen LogP contribution in [0.15, 0.2) is 42.5 Å². The highest BCUT2D eigenvalue weighted by molar-refractivity contribution is 5.89. The lowest BCUT2D eigenvalue weighted by molar-refractivity contribution is -0.141. The molecule has 2 aliphatic rings. The van der Waals surface area contributed by atoms with Crippen molar-refractivity contribution in [3.8, 4) is 5.75 Å². The van der Waals surface area contributed by atoms with Crippen LogP contribution in [0.2, 0.25) is 0 Å². The van der Waals surface area contributed by atoms with Crippen LogP contribution in [0.3, 0.4) is 0 Å². The maximum atomic E-state index is 13.4. The topological polar surface area (TPSA) is 56.8 Å². The van der Waals surface area contributed by atoms with Gasteiger partial charge in [-0.3, -0.25) is 0 Å². The second kappa shape index (κ2) is 10.8. The van der Waals surface area contributed by atoms with E-state index in [0.717, 1.165) is 30.0 Å². The van der Waals surface area contributed by atoms with Crippen molar-refractivity contribution in [1.29, 1.82) is 0 Å². The van der Waals surface area contributed by atoms with Crippen LogP contribution in [0.5, 0.6) is 5.75 Å². The number of nitrogens with one attached hydrogen (secondary N) is 1. The van der Waals surface area contributed by atoms with Crippen LogP contribution in [-0.4, -0.2) is 30.8 Å². The Hall–Kier alpha value is -2.60. The number of ether oxygens (including phenoxy) is 3. The van der Waals surface area contributed by atoms with Crippen LogP contribution in [0.1, 0.15) is 81.3 Å². The largest absolute Gasteiger partial charge is 0.483 e. The highest BCUT2D eigenvalue weighted by Crippen LogP contribution is 2.45. The van der Waals surface area contributed by atoms with Gasteiger partial charge < -0.3 is 19.5 Å². The van der Waals surface area contributed by atoms with Gasteiger partial charge in [-0.05, 0) is 75.6 Å². The van der Waals surface area contributed by atoms with Crippen molar-refractivity contribution in [2.24, 2.45) is 5.92 Å². The van der Waals surface area contributed by atoms with E-state index < -0.39 is 29.6 Å². The molecule has 34 heavy (non-hydrogen) atoms. The van der Waals surface area contributed by atoms with Gasteiger partial charge in [0, 0.05) is 24.4 Å². The Morgan fingerprint density at radius 2 is 1.85 bits per heavy atom. The molecule has 1 aliphatic carbocycles. The molecule has 2 unspecified atom stereocenters. The fourth-order valence-corrected chi connectivity index (χ4v) is 5.03. The molecule has 2 atom stereocenters. The van der Waals surface area contributed by atoms with Crippen LogP contribution < -0.4 is 10.1 Å². The van der Waals surface area contributed by atoms with E-state index in [4.69, 9.17) is 14.2 Å². The van der Waals surface area contributed by atoms with E-state index in [2.05, 4.69) is 5.32 Å². The van der Waals surface area contributed by atoms with Gasteiger partial charge in [-0.15, -0.1) is 0 Å². The first-order valence-electron chi connectivity index (χ1n) is 12.5. The molecule has 0 bridgehead atoms. The first kappa shape index (κ1) is 24.5. The van der Waals surface area contributed by atoms with Gasteiger partial charge in [0.2, 0.25) is 0 Å². The van der Waals surface area contributed by atoms with Gasteiger partial charge in [0.25, 0.3) is 0 Å². The number of carbonyl (C=O) groups excluding carboxylic acids is 1. The molecule has 1 aliphatic heterocycles. The summed E-state index contributed by atoms with van der Waals surface area (Å²) in [6.07, 6.45) is 6.29. The predicted molar refractivity (Wildman–Crippen MR) is 131 cm³/mol. The number of benzene rings is 2. The van der Waals surface area contributed by atoms with Crippen LogP contribution in [0.25, 0.3) is 0 Å². The first-order valence-corrected chi connectivity index (χ1v) is 12.5. The minimum absolute atomic E-state index is 0.297. The van der Waals surface area contributed by atoms with Gasteiger partial charge in [0.1, 0.15) is 23.3 Å². The Labute approximate surface area is 202 Å². The van der Waals surface area contributed by atoms with Crippen molar-refractivity contribution in [3.05, 3.63) is 59.4 Å². The molecule has 1 N–H and O–H groups in total. The fourth-order valence-electron chi connectivity index (χ4n) is 5.03. The lowest BCUT2D eigenvalue weighted by Gasteiger charge is -2.44. The Kier molecular flexibility index (Phi) is 7.77. The quantitative estimate of drug-likeness (QED) is 0.437. The van der Waals surface area contributed by atoms with Crippen molar-refractivity contribution < 1.29 is 23.4 Å². The van der Waals surface area contributed by atoms with Gasteiger partial charge >= 0.3 is 5.97 Å². The Morgan fingerprint density at radius 3 is 2.56 bits per heavy atom. The van der Waals surface area contributed by atoms with Crippen LogP contribution in [0, 0.1) is 11.7 Å². The summed E-state index contributed by atoms with van der Waals surface area (Å²) >= 11 is 0. The highest BCUT2D eigenvalue weighted by atomic mass is 19.1. The molecule has 184 valence electrons. The normalized spacial score (nSPS) is 21.9. The summed E-state index contributed by atoms with van der Waals surface area (Å²) in [5, 5.41) is 3.34. The third-order valence-electron chi connectivity index (χ3n) is 6.89. The average molecular weight is 470 g/mol. The van der Waals surface area contributed by atoms with Crippen molar-refractivity contribution >= 4 is 11.7 Å². The lowest BCUT2D eigenvalue weighted by atomic mass is 9.86. The van der Waals surface area contributed by atoms with Crippen molar-refractivity contribution in [3.63, 3.8) is 0 Å². The SMILES string of the molecule is CCNc1ccc2c(c1)C(OCCC1CCCCC1)C(OC(=O)c1ccc(F)cc1)C(C)(C)O2. The van der Waals surface area contributed by atoms with E-state index in [-0.39, 0.29) is 0 Å². The molecule has 1 heterocycles. The van der Waals surface area contributed by atoms with Gasteiger partial charge in [-0.2, -0.15) is 0 Å². The van der Waals surface area contributed by atoms with Gasteiger partial charge in [-0.1, -0.05) is 32.1 Å². The second-order valence-corrected chi connectivity index (χ2v) is 9.91. The maximum absolute atomic E-state index is 13.4. The zero-order valence-corrected chi connectivity index (χ0v) is 20.4. The molecule has 2 aromatic rings. The van der Waals surface area contributed by atoms with Crippen LogP contribution in [-0.2, 0) is 9.47 Å². The minimum Gasteiger partial charge on any atom is -0.483 e. The molecule has 6 heteroatoms. The third kappa shape index (κ3) is 5.72. The third-order valence-corrected chi connectivity index (χ3v) is 6.89. The Balaban J connectivity index is 1.59. The van der Waals surface area contributed by atoms with E-state index in [1.165, 1.54) is 56.4 Å². The number of anilines is 1. The predicted octanol–water partition coefficient (Wildman–Crippen LogP) is 6.68. The summed E-state index contributed by atoms with van der Waals surface area (Å²) in [6.45, 7) is 7.26. The molecule has 2 aromatic carbocycles. The van der Waals surface area contributed by atoms with E-state index in [9.17, 15) is 9.18 Å².